The van der Waals surface area contributed by atoms with Crippen molar-refractivity contribution in [3.8, 4) is 0 Å². The monoisotopic (exact) mass is 416 g/mol. The molecule has 30 heavy (non-hydrogen) atoms. The Kier molecular flexibility index (Phi) is 6.65. The number of unbranched alkanes of at least 4 members (excludes halogenated alkanes) is 3. The Labute approximate surface area is 173 Å². The van der Waals surface area contributed by atoms with Crippen molar-refractivity contribution >= 4 is 35.4 Å². The second-order valence-corrected chi connectivity index (χ2v) is 7.18. The van der Waals surface area contributed by atoms with Crippen LogP contribution in [0.3, 0.4) is 0 Å². The summed E-state index contributed by atoms with van der Waals surface area (Å²) in [5.74, 6) is -2.09. The zero-order valence-electron chi connectivity index (χ0n) is 16.4. The Balaban J connectivity index is 1.58. The summed E-state index contributed by atoms with van der Waals surface area (Å²) >= 11 is 0. The molecule has 3 rings (SSSR count). The Hall–Kier alpha value is -3.43. The average Bonchev–Trinajstić information content (AvgIpc) is 2.95. The molecule has 5 amide bonds. The van der Waals surface area contributed by atoms with E-state index in [2.05, 4.69) is 15.4 Å². The van der Waals surface area contributed by atoms with Crippen molar-refractivity contribution in [1.82, 2.24) is 10.2 Å². The number of nitrogens with zero attached hydrogens (tertiary/aromatic N) is 1. The van der Waals surface area contributed by atoms with Crippen molar-refractivity contribution in [1.29, 1.82) is 0 Å². The minimum absolute atomic E-state index is 0.0827. The molecule has 0 bridgehead atoms. The van der Waals surface area contributed by atoms with Crippen molar-refractivity contribution in [2.24, 2.45) is 5.73 Å². The molecule has 2 heterocycles. The molecule has 1 unspecified atom stereocenters. The van der Waals surface area contributed by atoms with Crippen LogP contribution in [-0.4, -0.2) is 53.8 Å². The lowest BCUT2D eigenvalue weighted by Gasteiger charge is -2.27. The molecule has 160 valence electrons. The first-order chi connectivity index (χ1) is 14.4. The third-order valence-corrected chi connectivity index (χ3v) is 5.10. The van der Waals surface area contributed by atoms with E-state index in [4.69, 9.17) is 5.73 Å². The summed E-state index contributed by atoms with van der Waals surface area (Å²) in [6.45, 7) is 0.884. The number of nitrogens with one attached hydrogen (secondary N) is 2. The van der Waals surface area contributed by atoms with Gasteiger partial charge in [0.15, 0.2) is 0 Å². The van der Waals surface area contributed by atoms with Crippen molar-refractivity contribution in [3.63, 3.8) is 0 Å². The lowest BCUT2D eigenvalue weighted by molar-refractivity contribution is -0.136. The highest BCUT2D eigenvalue weighted by Gasteiger charge is 2.45. The standard InChI is InChI=1S/C20H24N4O6/c21-20(29)30-11-4-2-1-3-10-22-13-7-5-6-12-16(13)19(28)24(18(12)27)14-8-9-15(25)23-17(14)26/h5-7,14,22H,1-4,8-11H2,(H2,21,29)(H,23,25,26). The summed E-state index contributed by atoms with van der Waals surface area (Å²) in [4.78, 5) is 60.7. The fourth-order valence-corrected chi connectivity index (χ4v) is 3.64. The highest BCUT2D eigenvalue weighted by molar-refractivity contribution is 6.25. The van der Waals surface area contributed by atoms with Gasteiger partial charge in [-0.1, -0.05) is 12.5 Å². The topological polar surface area (TPSA) is 148 Å². The van der Waals surface area contributed by atoms with E-state index in [1.807, 2.05) is 0 Å². The molecule has 1 atom stereocenters. The highest BCUT2D eigenvalue weighted by atomic mass is 16.5. The minimum Gasteiger partial charge on any atom is -0.450 e. The van der Waals surface area contributed by atoms with Crippen LogP contribution in [0.15, 0.2) is 18.2 Å². The smallest absolute Gasteiger partial charge is 0.404 e. The molecule has 1 saturated heterocycles. The first-order valence-electron chi connectivity index (χ1n) is 9.91. The summed E-state index contributed by atoms with van der Waals surface area (Å²) < 4.78 is 4.67. The van der Waals surface area contributed by atoms with Crippen LogP contribution in [0.2, 0.25) is 0 Å². The van der Waals surface area contributed by atoms with Gasteiger partial charge in [-0.3, -0.25) is 29.4 Å². The zero-order valence-corrected chi connectivity index (χ0v) is 16.4. The third-order valence-electron chi connectivity index (χ3n) is 5.10. The van der Waals surface area contributed by atoms with Gasteiger partial charge in [0.25, 0.3) is 11.8 Å². The lowest BCUT2D eigenvalue weighted by Crippen LogP contribution is -2.54. The van der Waals surface area contributed by atoms with Gasteiger partial charge in [0.05, 0.1) is 17.7 Å². The molecule has 2 aliphatic rings. The quantitative estimate of drug-likeness (QED) is 0.404. The molecule has 2 aliphatic heterocycles. The fourth-order valence-electron chi connectivity index (χ4n) is 3.64. The summed E-state index contributed by atoms with van der Waals surface area (Å²) in [5, 5.41) is 5.37. The van der Waals surface area contributed by atoms with Crippen LogP contribution in [0.4, 0.5) is 10.5 Å². The molecule has 1 aromatic carbocycles. The molecule has 4 N–H and O–H groups in total. The molecule has 0 spiro atoms. The van der Waals surface area contributed by atoms with E-state index in [1.165, 1.54) is 0 Å². The zero-order chi connectivity index (χ0) is 21.7. The Bertz CT molecular complexity index is 884. The van der Waals surface area contributed by atoms with Gasteiger partial charge < -0.3 is 15.8 Å². The van der Waals surface area contributed by atoms with E-state index in [0.717, 1.165) is 30.6 Å². The maximum atomic E-state index is 13.0. The summed E-state index contributed by atoms with van der Waals surface area (Å²) in [7, 11) is 0. The van der Waals surface area contributed by atoms with E-state index < -0.39 is 35.8 Å². The maximum absolute atomic E-state index is 13.0. The number of carbonyl (C=O) groups is 5. The number of ether oxygens (including phenoxy) is 1. The van der Waals surface area contributed by atoms with Crippen molar-refractivity contribution in [3.05, 3.63) is 29.3 Å². The van der Waals surface area contributed by atoms with Crippen LogP contribution in [0, 0.1) is 0 Å². The van der Waals surface area contributed by atoms with Gasteiger partial charge in [-0.15, -0.1) is 0 Å². The molecule has 1 fully saturated rings. The van der Waals surface area contributed by atoms with Crippen LogP contribution >= 0.6 is 0 Å². The number of hydrogen-bond acceptors (Lipinski definition) is 7. The third kappa shape index (κ3) is 4.58. The van der Waals surface area contributed by atoms with E-state index in [9.17, 15) is 24.0 Å². The van der Waals surface area contributed by atoms with Gasteiger partial charge in [-0.05, 0) is 37.8 Å². The second kappa shape index (κ2) is 9.38. The minimum atomic E-state index is -0.981. The molecule has 10 nitrogen and oxygen atoms in total. The number of primary amides is 1. The number of piperidine rings is 1. The molecule has 1 aromatic rings. The maximum Gasteiger partial charge on any atom is 0.404 e. The number of rotatable bonds is 9. The van der Waals surface area contributed by atoms with Crippen molar-refractivity contribution in [2.75, 3.05) is 18.5 Å². The molecule has 0 aromatic heterocycles. The molecular formula is C20H24N4O6. The molecule has 0 saturated carbocycles. The van der Waals surface area contributed by atoms with Crippen LogP contribution in [0.1, 0.15) is 59.2 Å². The van der Waals surface area contributed by atoms with Gasteiger partial charge in [0.1, 0.15) is 6.04 Å². The largest absolute Gasteiger partial charge is 0.450 e. The van der Waals surface area contributed by atoms with Gasteiger partial charge in [0.2, 0.25) is 11.8 Å². The van der Waals surface area contributed by atoms with Crippen LogP contribution in [0.25, 0.3) is 0 Å². The number of fused-ring (bicyclic) bond motifs is 1. The van der Waals surface area contributed by atoms with Crippen LogP contribution in [-0.2, 0) is 14.3 Å². The lowest BCUT2D eigenvalue weighted by atomic mass is 10.0. The predicted octanol–water partition coefficient (Wildman–Crippen LogP) is 1.16. The van der Waals surface area contributed by atoms with E-state index >= 15 is 0 Å². The van der Waals surface area contributed by atoms with Crippen LogP contribution in [0.5, 0.6) is 0 Å². The summed E-state index contributed by atoms with van der Waals surface area (Å²) in [6.07, 6.45) is 2.72. The number of anilines is 1. The van der Waals surface area contributed by atoms with E-state index in [0.29, 0.717) is 18.8 Å². The number of nitrogens with two attached hydrogens (primary N) is 1. The van der Waals surface area contributed by atoms with Crippen molar-refractivity contribution < 1.29 is 28.7 Å². The van der Waals surface area contributed by atoms with Gasteiger partial charge >= 0.3 is 6.09 Å². The van der Waals surface area contributed by atoms with Crippen LogP contribution < -0.4 is 16.4 Å². The number of benzene rings is 1. The first-order valence-corrected chi connectivity index (χ1v) is 9.91. The number of imide groups is 2. The molecule has 0 radical (unpaired) electrons. The fraction of sp³-hybridized carbons (Fsp3) is 0.450. The number of amides is 5. The Morgan fingerprint density at radius 2 is 1.90 bits per heavy atom. The SMILES string of the molecule is NC(=O)OCCCCCCNc1cccc2c1C(=O)N(C1CCC(=O)NC1=O)C2=O. The molecule has 10 heteroatoms. The van der Waals surface area contributed by atoms with Gasteiger partial charge in [0, 0.05) is 18.7 Å². The van der Waals surface area contributed by atoms with Crippen molar-refractivity contribution in [2.45, 2.75) is 44.6 Å². The highest BCUT2D eigenvalue weighted by Crippen LogP contribution is 2.32. The average molecular weight is 416 g/mol. The molecule has 0 aliphatic carbocycles. The van der Waals surface area contributed by atoms with E-state index in [-0.39, 0.29) is 24.0 Å². The second-order valence-electron chi connectivity index (χ2n) is 7.18. The Morgan fingerprint density at radius 3 is 2.63 bits per heavy atom. The number of hydrogen-bond donors (Lipinski definition) is 3. The summed E-state index contributed by atoms with van der Waals surface area (Å²) in [5.41, 5.74) is 5.93. The number of carbonyl (C=O) groups excluding carboxylic acids is 5. The normalized spacial score (nSPS) is 18.3. The molecular weight excluding hydrogens is 392 g/mol. The summed E-state index contributed by atoms with van der Waals surface area (Å²) in [6, 6.07) is 3.98. The van der Waals surface area contributed by atoms with Gasteiger partial charge in [-0.25, -0.2) is 4.79 Å². The first kappa shape index (κ1) is 21.3. The predicted molar refractivity (Wildman–Crippen MR) is 106 cm³/mol. The van der Waals surface area contributed by atoms with Gasteiger partial charge in [-0.2, -0.15) is 0 Å². The van der Waals surface area contributed by atoms with E-state index in [1.54, 1.807) is 18.2 Å². The Morgan fingerprint density at radius 1 is 1.13 bits per heavy atom.